The van der Waals surface area contributed by atoms with Gasteiger partial charge in [0.05, 0.1) is 6.61 Å². The molecule has 2 aromatic carbocycles. The number of aliphatic hydroxyl groups is 2. The second kappa shape index (κ2) is 9.90. The topological polar surface area (TPSA) is 93.1 Å². The standard InChI is InChI=1S/C13H12O3.C12H20O3/c1-9(14)13(15)16-12-7-6-10-4-2-3-5-11(10)8-12;1-8(13)9-3-4-11-10(7-9)5-6-15-12(11,2)14/h2-9,14H,1H3;9-11,14H,3-7H2,1-2H3. The first-order valence-electron chi connectivity index (χ1n) is 10.9. The van der Waals surface area contributed by atoms with E-state index in [9.17, 15) is 14.7 Å². The van der Waals surface area contributed by atoms with Crippen LogP contribution in [-0.2, 0) is 14.3 Å². The van der Waals surface area contributed by atoms with E-state index in [2.05, 4.69) is 0 Å². The summed E-state index contributed by atoms with van der Waals surface area (Å²) in [4.78, 5) is 22.5. The van der Waals surface area contributed by atoms with Crippen LogP contribution < -0.4 is 4.74 Å². The van der Waals surface area contributed by atoms with E-state index in [0.29, 0.717) is 24.1 Å². The number of fused-ring (bicyclic) bond motifs is 2. The van der Waals surface area contributed by atoms with Crippen LogP contribution >= 0.6 is 0 Å². The fraction of sp³-hybridized carbons (Fsp3) is 0.520. The van der Waals surface area contributed by atoms with Crippen LogP contribution in [-0.4, -0.2) is 40.5 Å². The van der Waals surface area contributed by atoms with E-state index in [1.165, 1.54) is 6.92 Å². The zero-order chi connectivity index (χ0) is 22.6. The summed E-state index contributed by atoms with van der Waals surface area (Å²) < 4.78 is 10.4. The zero-order valence-electron chi connectivity index (χ0n) is 18.4. The number of carbonyl (C=O) groups excluding carboxylic acids is 2. The molecule has 1 aliphatic carbocycles. The van der Waals surface area contributed by atoms with Crippen molar-refractivity contribution >= 4 is 22.5 Å². The van der Waals surface area contributed by atoms with Crippen LogP contribution in [0.15, 0.2) is 42.5 Å². The van der Waals surface area contributed by atoms with E-state index in [4.69, 9.17) is 14.6 Å². The summed E-state index contributed by atoms with van der Waals surface area (Å²) >= 11 is 0. The Labute approximate surface area is 183 Å². The maximum atomic E-state index is 11.3. The predicted molar refractivity (Wildman–Crippen MR) is 117 cm³/mol. The number of carbonyl (C=O) groups is 2. The highest BCUT2D eigenvalue weighted by Gasteiger charge is 2.45. The van der Waals surface area contributed by atoms with Crippen molar-refractivity contribution in [3.05, 3.63) is 42.5 Å². The van der Waals surface area contributed by atoms with E-state index >= 15 is 0 Å². The van der Waals surface area contributed by atoms with Gasteiger partial charge in [0, 0.05) is 11.8 Å². The number of aliphatic hydroxyl groups excluding tert-OH is 1. The molecule has 0 spiro atoms. The lowest BCUT2D eigenvalue weighted by Gasteiger charge is -2.46. The third kappa shape index (κ3) is 5.91. The number of Topliss-reactive ketones (excluding diaryl/α,β-unsaturated/α-hetero) is 1. The smallest absolute Gasteiger partial charge is 0.340 e. The van der Waals surface area contributed by atoms with Crippen molar-refractivity contribution < 1.29 is 29.3 Å². The number of benzene rings is 2. The van der Waals surface area contributed by atoms with Gasteiger partial charge in [0.1, 0.15) is 17.6 Å². The van der Waals surface area contributed by atoms with Crippen molar-refractivity contribution in [3.63, 3.8) is 0 Å². The highest BCUT2D eigenvalue weighted by Crippen LogP contribution is 2.45. The van der Waals surface area contributed by atoms with E-state index < -0.39 is 17.9 Å². The second-order valence-corrected chi connectivity index (χ2v) is 8.79. The number of esters is 1. The number of rotatable bonds is 3. The monoisotopic (exact) mass is 428 g/mol. The van der Waals surface area contributed by atoms with Crippen LogP contribution in [0.3, 0.4) is 0 Å². The van der Waals surface area contributed by atoms with E-state index in [-0.39, 0.29) is 11.8 Å². The van der Waals surface area contributed by atoms with Gasteiger partial charge in [0.2, 0.25) is 0 Å². The lowest BCUT2D eigenvalue weighted by Crippen LogP contribution is -2.49. The molecule has 6 heteroatoms. The zero-order valence-corrected chi connectivity index (χ0v) is 18.4. The Balaban J connectivity index is 0.000000176. The molecule has 0 amide bonds. The first-order chi connectivity index (χ1) is 14.7. The number of hydrogen-bond donors (Lipinski definition) is 2. The average Bonchev–Trinajstić information content (AvgIpc) is 2.73. The fourth-order valence-electron chi connectivity index (χ4n) is 4.61. The summed E-state index contributed by atoms with van der Waals surface area (Å²) in [5.41, 5.74) is 0. The number of ketones is 1. The third-order valence-electron chi connectivity index (χ3n) is 6.41. The van der Waals surface area contributed by atoms with Crippen LogP contribution in [0, 0.1) is 17.8 Å². The van der Waals surface area contributed by atoms with Crippen molar-refractivity contribution in [1.29, 1.82) is 0 Å². The van der Waals surface area contributed by atoms with Crippen LogP contribution in [0.2, 0.25) is 0 Å². The molecule has 0 bridgehead atoms. The molecule has 6 nitrogen and oxygen atoms in total. The highest BCUT2D eigenvalue weighted by atomic mass is 16.6. The molecular formula is C25H32O6. The van der Waals surface area contributed by atoms with Crippen molar-refractivity contribution in [2.45, 2.75) is 58.3 Å². The maximum absolute atomic E-state index is 11.3. The Hall–Kier alpha value is -2.28. The second-order valence-electron chi connectivity index (χ2n) is 8.79. The predicted octanol–water partition coefficient (Wildman–Crippen LogP) is 3.86. The van der Waals surface area contributed by atoms with Gasteiger partial charge < -0.3 is 19.7 Å². The summed E-state index contributed by atoms with van der Waals surface area (Å²) in [5.74, 6) is 0.0582. The van der Waals surface area contributed by atoms with Crippen LogP contribution in [0.4, 0.5) is 0 Å². The molecule has 1 saturated heterocycles. The summed E-state index contributed by atoms with van der Waals surface area (Å²) in [6, 6.07) is 13.1. The molecular weight excluding hydrogens is 396 g/mol. The quantitative estimate of drug-likeness (QED) is 0.570. The molecule has 2 N–H and O–H groups in total. The summed E-state index contributed by atoms with van der Waals surface area (Å²) in [6.07, 6.45) is 2.66. The minimum atomic E-state index is -1.11. The number of ether oxygens (including phenoxy) is 2. The Kier molecular flexibility index (Phi) is 7.46. The molecule has 2 aliphatic rings. The maximum Gasteiger partial charge on any atom is 0.340 e. The lowest BCUT2D eigenvalue weighted by atomic mass is 9.68. The molecule has 31 heavy (non-hydrogen) atoms. The Morgan fingerprint density at radius 3 is 2.52 bits per heavy atom. The molecule has 2 fully saturated rings. The van der Waals surface area contributed by atoms with Gasteiger partial charge in [-0.25, -0.2) is 4.79 Å². The number of hydrogen-bond acceptors (Lipinski definition) is 6. The minimum absolute atomic E-state index is 0.222. The van der Waals surface area contributed by atoms with Crippen LogP contribution in [0.1, 0.15) is 46.5 Å². The Bertz CT molecular complexity index is 919. The van der Waals surface area contributed by atoms with Crippen molar-refractivity contribution in [1.82, 2.24) is 0 Å². The normalized spacial score (nSPS) is 28.6. The molecule has 0 aromatic heterocycles. The first kappa shape index (κ1) is 23.4. The summed E-state index contributed by atoms with van der Waals surface area (Å²) in [7, 11) is 0. The molecule has 5 unspecified atom stereocenters. The first-order valence-corrected chi connectivity index (χ1v) is 10.9. The Morgan fingerprint density at radius 1 is 1.13 bits per heavy atom. The minimum Gasteiger partial charge on any atom is -0.425 e. The van der Waals surface area contributed by atoms with Crippen molar-refractivity contribution in [3.8, 4) is 5.75 Å². The Morgan fingerprint density at radius 2 is 1.84 bits per heavy atom. The molecule has 2 aromatic rings. The van der Waals surface area contributed by atoms with Crippen LogP contribution in [0.25, 0.3) is 10.8 Å². The van der Waals surface area contributed by atoms with E-state index in [1.54, 1.807) is 26.0 Å². The largest absolute Gasteiger partial charge is 0.425 e. The molecule has 1 heterocycles. The van der Waals surface area contributed by atoms with Crippen molar-refractivity contribution in [2.24, 2.45) is 17.8 Å². The van der Waals surface area contributed by atoms with Gasteiger partial charge in [-0.2, -0.15) is 0 Å². The average molecular weight is 429 g/mol. The third-order valence-corrected chi connectivity index (χ3v) is 6.41. The molecule has 1 saturated carbocycles. The summed E-state index contributed by atoms with van der Waals surface area (Å²) in [5, 5.41) is 21.2. The van der Waals surface area contributed by atoms with Crippen LogP contribution in [0.5, 0.6) is 5.75 Å². The van der Waals surface area contributed by atoms with Gasteiger partial charge >= 0.3 is 5.97 Å². The molecule has 1 aliphatic heterocycles. The van der Waals surface area contributed by atoms with Gasteiger partial charge in [0.25, 0.3) is 0 Å². The van der Waals surface area contributed by atoms with Gasteiger partial charge in [-0.1, -0.05) is 30.3 Å². The molecule has 0 radical (unpaired) electrons. The van der Waals surface area contributed by atoms with Gasteiger partial charge in [-0.15, -0.1) is 0 Å². The highest BCUT2D eigenvalue weighted by molar-refractivity contribution is 5.85. The SMILES string of the molecule is CC(=O)C1CCC2C(CCOC2(C)O)C1.CC(O)C(=O)Oc1ccc2ccccc2c1. The molecule has 5 atom stereocenters. The van der Waals surface area contributed by atoms with Crippen molar-refractivity contribution in [2.75, 3.05) is 6.61 Å². The molecule has 4 rings (SSSR count). The lowest BCUT2D eigenvalue weighted by molar-refractivity contribution is -0.267. The van der Waals surface area contributed by atoms with E-state index in [0.717, 1.165) is 36.5 Å². The van der Waals surface area contributed by atoms with E-state index in [1.807, 2.05) is 30.3 Å². The molecule has 168 valence electrons. The van der Waals surface area contributed by atoms with Gasteiger partial charge in [-0.3, -0.25) is 4.79 Å². The summed E-state index contributed by atoms with van der Waals surface area (Å²) in [6.45, 7) is 5.45. The van der Waals surface area contributed by atoms with Gasteiger partial charge in [-0.05, 0) is 75.3 Å². The fourth-order valence-corrected chi connectivity index (χ4v) is 4.61. The van der Waals surface area contributed by atoms with Gasteiger partial charge in [0.15, 0.2) is 5.79 Å².